The minimum atomic E-state index is -1.26. The predicted molar refractivity (Wildman–Crippen MR) is 56.1 cm³/mol. The number of carbonyl (C=O) groups is 1. The standard InChI is InChI=1S/C10H9NO3S/c1-15(14)6-10(13)8-4-7(5-11)2-3-9(8)12/h2-4,12H,6H2,1H3. The second kappa shape index (κ2) is 4.71. The Bertz CT molecular complexity index is 462. The van der Waals surface area contributed by atoms with Gasteiger partial charge in [-0.15, -0.1) is 0 Å². The number of phenols is 1. The van der Waals surface area contributed by atoms with Gasteiger partial charge in [0, 0.05) is 17.1 Å². The number of carbonyl (C=O) groups excluding carboxylic acids is 1. The number of hydrogen-bond donors (Lipinski definition) is 1. The van der Waals surface area contributed by atoms with Crippen LogP contribution in [0.25, 0.3) is 0 Å². The van der Waals surface area contributed by atoms with Crippen LogP contribution in [0, 0.1) is 11.3 Å². The fourth-order valence-electron chi connectivity index (χ4n) is 1.09. The molecule has 1 aromatic rings. The summed E-state index contributed by atoms with van der Waals surface area (Å²) in [5.41, 5.74) is 0.335. The molecule has 1 rings (SSSR count). The van der Waals surface area contributed by atoms with Crippen LogP contribution in [0.3, 0.4) is 0 Å². The lowest BCUT2D eigenvalue weighted by Gasteiger charge is -2.02. The third-order valence-electron chi connectivity index (χ3n) is 1.76. The molecule has 78 valence electrons. The lowest BCUT2D eigenvalue weighted by molar-refractivity contribution is 0.101. The lowest BCUT2D eigenvalue weighted by atomic mass is 10.1. The van der Waals surface area contributed by atoms with Crippen molar-refractivity contribution in [2.75, 3.05) is 12.0 Å². The van der Waals surface area contributed by atoms with Crippen LogP contribution in [-0.2, 0) is 10.8 Å². The second-order valence-corrected chi connectivity index (χ2v) is 4.42. The molecular formula is C10H9NO3S. The zero-order chi connectivity index (χ0) is 11.4. The first kappa shape index (κ1) is 11.4. The van der Waals surface area contributed by atoms with Crippen LogP contribution in [0.2, 0.25) is 0 Å². The van der Waals surface area contributed by atoms with Crippen LogP contribution >= 0.6 is 0 Å². The van der Waals surface area contributed by atoms with Gasteiger partial charge < -0.3 is 5.11 Å². The molecule has 0 radical (unpaired) electrons. The highest BCUT2D eigenvalue weighted by Gasteiger charge is 2.13. The van der Waals surface area contributed by atoms with Gasteiger partial charge in [-0.25, -0.2) is 0 Å². The van der Waals surface area contributed by atoms with Crippen LogP contribution < -0.4 is 0 Å². The Labute approximate surface area is 89.6 Å². The highest BCUT2D eigenvalue weighted by molar-refractivity contribution is 7.85. The van der Waals surface area contributed by atoms with Gasteiger partial charge in [0.05, 0.1) is 22.9 Å². The molecule has 0 heterocycles. The Morgan fingerprint density at radius 1 is 1.60 bits per heavy atom. The van der Waals surface area contributed by atoms with Crippen molar-refractivity contribution >= 4 is 16.6 Å². The van der Waals surface area contributed by atoms with E-state index in [-0.39, 0.29) is 22.6 Å². The molecule has 0 aromatic heterocycles. The molecule has 0 aliphatic carbocycles. The first-order valence-electron chi connectivity index (χ1n) is 4.11. The Hall–Kier alpha value is -1.67. The number of nitriles is 1. The van der Waals surface area contributed by atoms with Crippen LogP contribution in [-0.4, -0.2) is 27.1 Å². The highest BCUT2D eigenvalue weighted by atomic mass is 32.2. The summed E-state index contributed by atoms with van der Waals surface area (Å²) in [7, 11) is -1.26. The minimum Gasteiger partial charge on any atom is -0.507 e. The maximum Gasteiger partial charge on any atom is 0.179 e. The Morgan fingerprint density at radius 3 is 2.80 bits per heavy atom. The Kier molecular flexibility index (Phi) is 3.58. The topological polar surface area (TPSA) is 78.2 Å². The van der Waals surface area contributed by atoms with Crippen LogP contribution in [0.5, 0.6) is 5.75 Å². The molecule has 0 fully saturated rings. The first-order valence-corrected chi connectivity index (χ1v) is 5.83. The molecule has 0 aliphatic rings. The van der Waals surface area contributed by atoms with Gasteiger partial charge in [-0.05, 0) is 18.2 Å². The number of benzene rings is 1. The normalized spacial score (nSPS) is 11.7. The second-order valence-electron chi connectivity index (χ2n) is 2.98. The third-order valence-corrected chi connectivity index (χ3v) is 2.43. The fraction of sp³-hybridized carbons (Fsp3) is 0.200. The summed E-state index contributed by atoms with van der Waals surface area (Å²) >= 11 is 0. The van der Waals surface area contributed by atoms with E-state index in [1.54, 1.807) is 0 Å². The molecule has 15 heavy (non-hydrogen) atoms. The summed E-state index contributed by atoms with van der Waals surface area (Å²) in [6, 6.07) is 5.85. The molecule has 1 unspecified atom stereocenters. The van der Waals surface area contributed by atoms with Crippen molar-refractivity contribution in [1.82, 2.24) is 0 Å². The molecule has 0 aliphatic heterocycles. The molecular weight excluding hydrogens is 214 g/mol. The Balaban J connectivity index is 3.08. The summed E-state index contributed by atoms with van der Waals surface area (Å²) < 4.78 is 10.8. The monoisotopic (exact) mass is 223 g/mol. The summed E-state index contributed by atoms with van der Waals surface area (Å²) in [5.74, 6) is -0.766. The largest absolute Gasteiger partial charge is 0.507 e. The third kappa shape index (κ3) is 2.89. The van der Waals surface area contributed by atoms with E-state index in [0.717, 1.165) is 0 Å². The Morgan fingerprint density at radius 2 is 2.27 bits per heavy atom. The molecule has 4 nitrogen and oxygen atoms in total. The van der Waals surface area contributed by atoms with Gasteiger partial charge in [0.25, 0.3) is 0 Å². The number of rotatable bonds is 3. The van der Waals surface area contributed by atoms with Gasteiger partial charge in [0.15, 0.2) is 5.78 Å². The summed E-state index contributed by atoms with van der Waals surface area (Å²) in [5, 5.41) is 18.0. The molecule has 0 spiro atoms. The molecule has 0 saturated heterocycles. The number of ketones is 1. The molecule has 0 amide bonds. The fourth-order valence-corrected chi connectivity index (χ4v) is 1.62. The number of phenolic OH excluding ortho intramolecular Hbond substituents is 1. The molecule has 1 atom stereocenters. The zero-order valence-electron chi connectivity index (χ0n) is 8.06. The maximum atomic E-state index is 11.5. The molecule has 1 N–H and O–H groups in total. The number of aromatic hydroxyl groups is 1. The van der Waals surface area contributed by atoms with Gasteiger partial charge in [-0.2, -0.15) is 5.26 Å². The van der Waals surface area contributed by atoms with Crippen molar-refractivity contribution in [3.8, 4) is 11.8 Å². The summed E-state index contributed by atoms with van der Waals surface area (Å²) in [6.07, 6.45) is 1.41. The van der Waals surface area contributed by atoms with Gasteiger partial charge >= 0.3 is 0 Å². The van der Waals surface area contributed by atoms with Crippen molar-refractivity contribution in [3.05, 3.63) is 29.3 Å². The number of Topliss-reactive ketones (excluding diaryl/α,β-unsaturated/α-hetero) is 1. The van der Waals surface area contributed by atoms with Gasteiger partial charge in [-0.1, -0.05) is 0 Å². The number of hydrogen-bond acceptors (Lipinski definition) is 4. The van der Waals surface area contributed by atoms with Crippen LogP contribution in [0.15, 0.2) is 18.2 Å². The van der Waals surface area contributed by atoms with Crippen molar-refractivity contribution in [3.63, 3.8) is 0 Å². The highest BCUT2D eigenvalue weighted by Crippen LogP contribution is 2.18. The van der Waals surface area contributed by atoms with Gasteiger partial charge in [0.1, 0.15) is 5.75 Å². The lowest BCUT2D eigenvalue weighted by Crippen LogP contribution is -2.10. The van der Waals surface area contributed by atoms with E-state index in [2.05, 4.69) is 0 Å². The summed E-state index contributed by atoms with van der Waals surface area (Å²) in [6.45, 7) is 0. The summed E-state index contributed by atoms with van der Waals surface area (Å²) in [4.78, 5) is 11.5. The molecule has 0 bridgehead atoms. The van der Waals surface area contributed by atoms with E-state index in [1.165, 1.54) is 24.5 Å². The van der Waals surface area contributed by atoms with E-state index >= 15 is 0 Å². The van der Waals surface area contributed by atoms with Crippen molar-refractivity contribution in [2.45, 2.75) is 0 Å². The zero-order valence-corrected chi connectivity index (χ0v) is 8.87. The van der Waals surface area contributed by atoms with Crippen molar-refractivity contribution in [2.24, 2.45) is 0 Å². The van der Waals surface area contributed by atoms with Crippen molar-refractivity contribution < 1.29 is 14.1 Å². The average Bonchev–Trinajstić information content (AvgIpc) is 2.17. The molecule has 5 heteroatoms. The quantitative estimate of drug-likeness (QED) is 0.770. The molecule has 0 saturated carbocycles. The van der Waals surface area contributed by atoms with E-state index in [1.807, 2.05) is 6.07 Å². The van der Waals surface area contributed by atoms with E-state index < -0.39 is 16.6 Å². The molecule has 1 aromatic carbocycles. The minimum absolute atomic E-state index is 0.0456. The first-order chi connectivity index (χ1) is 7.04. The predicted octanol–water partition coefficient (Wildman–Crippen LogP) is 0.825. The van der Waals surface area contributed by atoms with E-state index in [4.69, 9.17) is 5.26 Å². The van der Waals surface area contributed by atoms with E-state index in [0.29, 0.717) is 0 Å². The average molecular weight is 223 g/mol. The number of nitrogens with zero attached hydrogens (tertiary/aromatic N) is 1. The van der Waals surface area contributed by atoms with Gasteiger partial charge in [0.2, 0.25) is 0 Å². The van der Waals surface area contributed by atoms with Crippen LogP contribution in [0.4, 0.5) is 0 Å². The SMILES string of the molecule is CS(=O)CC(=O)c1cc(C#N)ccc1O. The van der Waals surface area contributed by atoms with Gasteiger partial charge in [-0.3, -0.25) is 9.00 Å². The van der Waals surface area contributed by atoms with E-state index in [9.17, 15) is 14.1 Å². The smallest absolute Gasteiger partial charge is 0.179 e. The maximum absolute atomic E-state index is 11.5. The van der Waals surface area contributed by atoms with Crippen molar-refractivity contribution in [1.29, 1.82) is 5.26 Å². The van der Waals surface area contributed by atoms with Crippen LogP contribution in [0.1, 0.15) is 15.9 Å².